The molecule has 0 spiro atoms. The lowest BCUT2D eigenvalue weighted by atomic mass is 9.95. The van der Waals surface area contributed by atoms with Crippen molar-refractivity contribution in [2.75, 3.05) is 18.1 Å². The van der Waals surface area contributed by atoms with E-state index in [1.807, 2.05) is 17.7 Å². The standard InChI is InChI=1S/C21H27N3O4S2/c1-3-28-20(27)14-9-10-16-17(11-14)30-21(24(16)2)23-19(26)13-29-12-18(25)22-15-7-5-4-6-8-15/h9-11,15H,3-8,12-13H2,1-2H3,(H,22,25). The number of aromatic nitrogens is 1. The number of rotatable bonds is 7. The third-order valence-corrected chi connectivity index (χ3v) is 6.98. The van der Waals surface area contributed by atoms with Crippen LogP contribution in [0.25, 0.3) is 10.2 Å². The third-order valence-electron chi connectivity index (χ3n) is 4.97. The first-order chi connectivity index (χ1) is 14.5. The number of esters is 1. The summed E-state index contributed by atoms with van der Waals surface area (Å²) in [6, 6.07) is 5.57. The van der Waals surface area contributed by atoms with Crippen molar-refractivity contribution >= 4 is 51.1 Å². The summed E-state index contributed by atoms with van der Waals surface area (Å²) in [7, 11) is 1.83. The van der Waals surface area contributed by atoms with Gasteiger partial charge in [-0.25, -0.2) is 4.79 Å². The summed E-state index contributed by atoms with van der Waals surface area (Å²) in [5.41, 5.74) is 1.36. The van der Waals surface area contributed by atoms with Crippen molar-refractivity contribution in [1.82, 2.24) is 9.88 Å². The number of thioether (sulfide) groups is 1. The van der Waals surface area contributed by atoms with Gasteiger partial charge in [0.15, 0.2) is 4.80 Å². The summed E-state index contributed by atoms with van der Waals surface area (Å²) in [5, 5.41) is 3.05. The monoisotopic (exact) mass is 449 g/mol. The number of hydrogen-bond donors (Lipinski definition) is 1. The zero-order chi connectivity index (χ0) is 21.5. The van der Waals surface area contributed by atoms with E-state index >= 15 is 0 Å². The van der Waals surface area contributed by atoms with Crippen LogP contribution in [0.5, 0.6) is 0 Å². The zero-order valence-corrected chi connectivity index (χ0v) is 18.9. The van der Waals surface area contributed by atoms with E-state index in [1.54, 1.807) is 19.1 Å². The van der Waals surface area contributed by atoms with Crippen LogP contribution in [0, 0.1) is 0 Å². The van der Waals surface area contributed by atoms with Crippen LogP contribution in [-0.4, -0.2) is 46.5 Å². The summed E-state index contributed by atoms with van der Waals surface area (Å²) in [4.78, 5) is 41.0. The Hall–Kier alpha value is -2.13. The number of amides is 2. The van der Waals surface area contributed by atoms with Gasteiger partial charge in [-0.1, -0.05) is 30.6 Å². The number of thiazole rings is 1. The number of fused-ring (bicyclic) bond motifs is 1. The molecule has 162 valence electrons. The molecule has 1 heterocycles. The lowest BCUT2D eigenvalue weighted by Crippen LogP contribution is -2.37. The van der Waals surface area contributed by atoms with Crippen molar-refractivity contribution in [2.45, 2.75) is 45.1 Å². The molecule has 0 unspecified atom stereocenters. The Morgan fingerprint density at radius 2 is 2.00 bits per heavy atom. The van der Waals surface area contributed by atoms with Gasteiger partial charge < -0.3 is 14.6 Å². The molecule has 9 heteroatoms. The minimum atomic E-state index is -0.368. The minimum Gasteiger partial charge on any atom is -0.462 e. The van der Waals surface area contributed by atoms with Gasteiger partial charge in [0.05, 0.1) is 33.9 Å². The largest absolute Gasteiger partial charge is 0.462 e. The highest BCUT2D eigenvalue weighted by Gasteiger charge is 2.16. The molecule has 2 amide bonds. The van der Waals surface area contributed by atoms with Gasteiger partial charge in [0.25, 0.3) is 5.91 Å². The van der Waals surface area contributed by atoms with Crippen LogP contribution < -0.4 is 10.1 Å². The topological polar surface area (TPSA) is 89.8 Å². The third kappa shape index (κ3) is 5.95. The fourth-order valence-electron chi connectivity index (χ4n) is 3.47. The average Bonchev–Trinajstić information content (AvgIpc) is 3.03. The second kappa shape index (κ2) is 10.8. The SMILES string of the molecule is CCOC(=O)c1ccc2c(c1)sc(=NC(=O)CSCC(=O)NC1CCCCC1)n2C. The normalized spacial score (nSPS) is 15.3. The van der Waals surface area contributed by atoms with Crippen molar-refractivity contribution in [2.24, 2.45) is 12.0 Å². The predicted octanol–water partition coefficient (Wildman–Crippen LogP) is 3.03. The fourth-order valence-corrected chi connectivity index (χ4v) is 5.15. The maximum absolute atomic E-state index is 12.3. The Morgan fingerprint density at radius 1 is 1.23 bits per heavy atom. The van der Waals surface area contributed by atoms with Gasteiger partial charge in [-0.15, -0.1) is 11.8 Å². The number of nitrogens with zero attached hydrogens (tertiary/aromatic N) is 2. The highest BCUT2D eigenvalue weighted by atomic mass is 32.2. The van der Waals surface area contributed by atoms with Gasteiger partial charge in [-0.3, -0.25) is 9.59 Å². The first-order valence-electron chi connectivity index (χ1n) is 10.2. The highest BCUT2D eigenvalue weighted by molar-refractivity contribution is 8.00. The molecule has 1 aromatic carbocycles. The van der Waals surface area contributed by atoms with Crippen molar-refractivity contribution < 1.29 is 19.1 Å². The molecule has 1 fully saturated rings. The molecule has 0 atom stereocenters. The summed E-state index contributed by atoms with van der Waals surface area (Å²) >= 11 is 2.62. The first kappa shape index (κ1) is 22.6. The van der Waals surface area contributed by atoms with Crippen LogP contribution in [0.4, 0.5) is 0 Å². The summed E-state index contributed by atoms with van der Waals surface area (Å²) < 4.78 is 7.72. The molecule has 0 radical (unpaired) electrons. The summed E-state index contributed by atoms with van der Waals surface area (Å²) in [6.45, 7) is 2.09. The molecule has 1 saturated carbocycles. The Balaban J connectivity index is 1.58. The predicted molar refractivity (Wildman–Crippen MR) is 120 cm³/mol. The van der Waals surface area contributed by atoms with Gasteiger partial charge in [0, 0.05) is 13.1 Å². The average molecular weight is 450 g/mol. The molecular weight excluding hydrogens is 422 g/mol. The summed E-state index contributed by atoms with van der Waals surface area (Å²) in [6.07, 6.45) is 5.68. The van der Waals surface area contributed by atoms with Crippen molar-refractivity contribution in [1.29, 1.82) is 0 Å². The van der Waals surface area contributed by atoms with Gasteiger partial charge in [0.1, 0.15) is 0 Å². The molecular formula is C21H27N3O4S2. The smallest absolute Gasteiger partial charge is 0.338 e. The fraction of sp³-hybridized carbons (Fsp3) is 0.524. The number of benzene rings is 1. The van der Waals surface area contributed by atoms with Gasteiger partial charge in [-0.05, 0) is 38.0 Å². The Morgan fingerprint density at radius 3 is 2.73 bits per heavy atom. The van der Waals surface area contributed by atoms with E-state index in [2.05, 4.69) is 10.3 Å². The van der Waals surface area contributed by atoms with E-state index in [0.29, 0.717) is 17.0 Å². The lowest BCUT2D eigenvalue weighted by molar-refractivity contribution is -0.119. The molecule has 0 saturated heterocycles. The summed E-state index contributed by atoms with van der Waals surface area (Å²) in [5.74, 6) is -0.246. The highest BCUT2D eigenvalue weighted by Crippen LogP contribution is 2.19. The molecule has 0 aliphatic heterocycles. The van der Waals surface area contributed by atoms with Crippen LogP contribution in [0.1, 0.15) is 49.4 Å². The number of nitrogens with one attached hydrogen (secondary N) is 1. The van der Waals surface area contributed by atoms with Gasteiger partial charge in [-0.2, -0.15) is 4.99 Å². The molecule has 3 rings (SSSR count). The zero-order valence-electron chi connectivity index (χ0n) is 17.3. The van der Waals surface area contributed by atoms with Crippen LogP contribution in [0.15, 0.2) is 23.2 Å². The van der Waals surface area contributed by atoms with E-state index in [0.717, 1.165) is 23.1 Å². The van der Waals surface area contributed by atoms with E-state index in [-0.39, 0.29) is 35.3 Å². The van der Waals surface area contributed by atoms with E-state index < -0.39 is 0 Å². The van der Waals surface area contributed by atoms with Crippen LogP contribution >= 0.6 is 23.1 Å². The second-order valence-corrected chi connectivity index (χ2v) is 9.24. The molecule has 1 N–H and O–H groups in total. The molecule has 30 heavy (non-hydrogen) atoms. The van der Waals surface area contributed by atoms with E-state index in [9.17, 15) is 14.4 Å². The number of hydrogen-bond acceptors (Lipinski definition) is 6. The first-order valence-corrected chi connectivity index (χ1v) is 12.2. The number of ether oxygens (including phenoxy) is 1. The molecule has 1 aliphatic carbocycles. The number of aryl methyl sites for hydroxylation is 1. The van der Waals surface area contributed by atoms with Crippen LogP contribution in [-0.2, 0) is 21.4 Å². The van der Waals surface area contributed by atoms with Crippen molar-refractivity contribution in [3.8, 4) is 0 Å². The van der Waals surface area contributed by atoms with Gasteiger partial charge in [0.2, 0.25) is 5.91 Å². The number of carbonyl (C=O) groups is 3. The van der Waals surface area contributed by atoms with Gasteiger partial charge >= 0.3 is 5.97 Å². The molecule has 0 bridgehead atoms. The molecule has 2 aromatic rings. The lowest BCUT2D eigenvalue weighted by Gasteiger charge is -2.22. The van der Waals surface area contributed by atoms with Crippen LogP contribution in [0.3, 0.4) is 0 Å². The molecule has 7 nitrogen and oxygen atoms in total. The molecule has 1 aliphatic rings. The maximum Gasteiger partial charge on any atom is 0.338 e. The number of carbonyl (C=O) groups excluding carboxylic acids is 3. The van der Waals surface area contributed by atoms with E-state index in [4.69, 9.17) is 4.74 Å². The Kier molecular flexibility index (Phi) is 8.09. The second-order valence-electron chi connectivity index (χ2n) is 7.25. The Bertz CT molecular complexity index is 990. The minimum absolute atomic E-state index is 0.0152. The quantitative estimate of drug-likeness (QED) is 0.656. The van der Waals surface area contributed by atoms with E-state index in [1.165, 1.54) is 42.4 Å². The molecule has 1 aromatic heterocycles. The Labute approximate surface area is 183 Å². The van der Waals surface area contributed by atoms with Crippen molar-refractivity contribution in [3.63, 3.8) is 0 Å². The van der Waals surface area contributed by atoms with Crippen molar-refractivity contribution in [3.05, 3.63) is 28.6 Å². The van der Waals surface area contributed by atoms with Crippen LogP contribution in [0.2, 0.25) is 0 Å². The maximum atomic E-state index is 12.3.